The molecule has 0 atom stereocenters. The van der Waals surface area contributed by atoms with E-state index in [2.05, 4.69) is 9.73 Å². The maximum atomic E-state index is 11.1. The topological polar surface area (TPSA) is 71.0 Å². The van der Waals surface area contributed by atoms with E-state index in [-0.39, 0.29) is 69.6 Å². The van der Waals surface area contributed by atoms with E-state index in [0.29, 0.717) is 12.9 Å². The number of hydrogen-bond donors (Lipinski definition) is 0. The summed E-state index contributed by atoms with van der Waals surface area (Å²) in [4.78, 5) is 14.7. The first-order valence-electron chi connectivity index (χ1n) is 4.33. The molecule has 0 radical (unpaired) electrons. The van der Waals surface area contributed by atoms with Crippen molar-refractivity contribution in [3.63, 3.8) is 0 Å². The molecule has 0 aromatic heterocycles. The van der Waals surface area contributed by atoms with Gasteiger partial charge in [0.05, 0.1) is 13.2 Å². The molecule has 0 aliphatic heterocycles. The standard InChI is InChI=1S/C9H15NO4.K/c1-4-13-7(3)10-8(6-11)9(12)14-5-2;/h6,11H,4-5H2,1-3H3;/q;+1/p-1/b8-6-,10-7+;. The summed E-state index contributed by atoms with van der Waals surface area (Å²) in [6, 6.07) is 0. The van der Waals surface area contributed by atoms with Crippen LogP contribution in [0.3, 0.4) is 0 Å². The van der Waals surface area contributed by atoms with Gasteiger partial charge in [-0.3, -0.25) is 0 Å². The van der Waals surface area contributed by atoms with E-state index in [1.807, 2.05) is 0 Å². The SMILES string of the molecule is CCOC(=O)C(=C/[O-])/N=C(\C)OCC.[K+]. The van der Waals surface area contributed by atoms with E-state index in [1.165, 1.54) is 0 Å². The van der Waals surface area contributed by atoms with Gasteiger partial charge in [0, 0.05) is 6.92 Å². The Morgan fingerprint density at radius 1 is 1.33 bits per heavy atom. The molecule has 0 fully saturated rings. The average Bonchev–Trinajstić information content (AvgIpc) is 2.15. The second kappa shape index (κ2) is 10.6. The van der Waals surface area contributed by atoms with Crippen LogP contribution in [-0.2, 0) is 14.3 Å². The Morgan fingerprint density at radius 3 is 2.27 bits per heavy atom. The smallest absolute Gasteiger partial charge is 0.876 e. The second-order valence-electron chi connectivity index (χ2n) is 2.29. The molecule has 0 saturated heterocycles. The van der Waals surface area contributed by atoms with Gasteiger partial charge < -0.3 is 14.6 Å². The van der Waals surface area contributed by atoms with E-state index in [4.69, 9.17) is 4.74 Å². The molecule has 0 unspecified atom stereocenters. The van der Waals surface area contributed by atoms with E-state index >= 15 is 0 Å². The van der Waals surface area contributed by atoms with Crippen LogP contribution in [0.5, 0.6) is 0 Å². The van der Waals surface area contributed by atoms with Crippen molar-refractivity contribution in [1.29, 1.82) is 0 Å². The van der Waals surface area contributed by atoms with Gasteiger partial charge in [0.25, 0.3) is 0 Å². The number of ether oxygens (including phenoxy) is 2. The van der Waals surface area contributed by atoms with Gasteiger partial charge in [0.2, 0.25) is 0 Å². The summed E-state index contributed by atoms with van der Waals surface area (Å²) < 4.78 is 9.57. The van der Waals surface area contributed by atoms with E-state index in [9.17, 15) is 9.90 Å². The van der Waals surface area contributed by atoms with Crippen molar-refractivity contribution in [3.8, 4) is 0 Å². The number of carbonyl (C=O) groups is 1. The summed E-state index contributed by atoms with van der Waals surface area (Å²) in [7, 11) is 0. The van der Waals surface area contributed by atoms with Crippen LogP contribution in [0.15, 0.2) is 17.0 Å². The second-order valence-corrected chi connectivity index (χ2v) is 2.29. The Hall–Kier alpha value is 0.116. The van der Waals surface area contributed by atoms with Gasteiger partial charge in [-0.2, -0.15) is 0 Å². The number of rotatable bonds is 4. The number of esters is 1. The fourth-order valence-electron chi connectivity index (χ4n) is 0.736. The fraction of sp³-hybridized carbons (Fsp3) is 0.556. The minimum atomic E-state index is -0.735. The van der Waals surface area contributed by atoms with Crippen LogP contribution in [0, 0.1) is 0 Å². The number of carbonyl (C=O) groups excluding carboxylic acids is 1. The third-order valence-corrected chi connectivity index (χ3v) is 1.23. The van der Waals surface area contributed by atoms with Crippen molar-refractivity contribution >= 4 is 11.9 Å². The predicted molar refractivity (Wildman–Crippen MR) is 49.5 cm³/mol. The van der Waals surface area contributed by atoms with Gasteiger partial charge in [-0.05, 0) is 13.8 Å². The molecular weight excluding hydrogens is 225 g/mol. The number of nitrogens with zero attached hydrogens (tertiary/aromatic N) is 1. The molecular formula is C9H14KNO4. The zero-order valence-corrected chi connectivity index (χ0v) is 12.7. The average molecular weight is 239 g/mol. The van der Waals surface area contributed by atoms with Gasteiger partial charge in [-0.25, -0.2) is 9.79 Å². The minimum Gasteiger partial charge on any atom is -0.876 e. The summed E-state index contributed by atoms with van der Waals surface area (Å²) >= 11 is 0. The number of hydrogen-bond acceptors (Lipinski definition) is 5. The molecule has 6 heteroatoms. The van der Waals surface area contributed by atoms with Crippen molar-refractivity contribution in [2.24, 2.45) is 4.99 Å². The Kier molecular flexibility index (Phi) is 12.4. The van der Waals surface area contributed by atoms with Crippen LogP contribution in [0.25, 0.3) is 0 Å². The Balaban J connectivity index is 0. The van der Waals surface area contributed by atoms with Crippen LogP contribution in [0.2, 0.25) is 0 Å². The molecule has 0 saturated carbocycles. The van der Waals surface area contributed by atoms with Gasteiger partial charge in [-0.1, -0.05) is 0 Å². The fourth-order valence-corrected chi connectivity index (χ4v) is 0.736. The van der Waals surface area contributed by atoms with Crippen LogP contribution in [0.1, 0.15) is 20.8 Å². The van der Waals surface area contributed by atoms with E-state index in [1.54, 1.807) is 20.8 Å². The summed E-state index contributed by atoms with van der Waals surface area (Å²) in [5, 5.41) is 10.5. The molecule has 0 aromatic carbocycles. The van der Waals surface area contributed by atoms with Crippen molar-refractivity contribution in [2.45, 2.75) is 20.8 Å². The summed E-state index contributed by atoms with van der Waals surface area (Å²) in [6.45, 7) is 5.64. The molecule has 0 aliphatic carbocycles. The molecule has 0 spiro atoms. The monoisotopic (exact) mass is 239 g/mol. The Bertz CT molecular complexity index is 250. The van der Waals surface area contributed by atoms with E-state index in [0.717, 1.165) is 0 Å². The van der Waals surface area contributed by atoms with Gasteiger partial charge in [0.15, 0.2) is 5.90 Å². The quantitative estimate of drug-likeness (QED) is 0.133. The first kappa shape index (κ1) is 17.5. The molecule has 0 N–H and O–H groups in total. The molecule has 15 heavy (non-hydrogen) atoms. The van der Waals surface area contributed by atoms with Gasteiger partial charge >= 0.3 is 57.4 Å². The number of aliphatic imine (C=N–C) groups is 1. The first-order chi connectivity index (χ1) is 6.65. The Labute approximate surface area is 132 Å². The molecule has 0 rings (SSSR count). The van der Waals surface area contributed by atoms with Crippen molar-refractivity contribution < 1.29 is 70.8 Å². The van der Waals surface area contributed by atoms with Crippen molar-refractivity contribution in [2.75, 3.05) is 13.2 Å². The van der Waals surface area contributed by atoms with Gasteiger partial charge in [-0.15, -0.1) is 6.26 Å². The van der Waals surface area contributed by atoms with Crippen molar-refractivity contribution in [1.82, 2.24) is 0 Å². The van der Waals surface area contributed by atoms with Crippen LogP contribution in [0.4, 0.5) is 0 Å². The molecule has 80 valence electrons. The normalized spacial score (nSPS) is 11.7. The zero-order chi connectivity index (χ0) is 11.0. The van der Waals surface area contributed by atoms with Gasteiger partial charge in [0.1, 0.15) is 5.70 Å². The van der Waals surface area contributed by atoms with Crippen LogP contribution >= 0.6 is 0 Å². The molecule has 0 amide bonds. The van der Waals surface area contributed by atoms with E-state index < -0.39 is 5.97 Å². The van der Waals surface area contributed by atoms with Crippen molar-refractivity contribution in [3.05, 3.63) is 12.0 Å². The molecule has 0 aromatic rings. The van der Waals surface area contributed by atoms with Crippen LogP contribution in [-0.4, -0.2) is 25.1 Å². The molecule has 0 bridgehead atoms. The zero-order valence-electron chi connectivity index (χ0n) is 9.57. The third kappa shape index (κ3) is 7.98. The maximum absolute atomic E-state index is 11.1. The van der Waals surface area contributed by atoms with Crippen LogP contribution < -0.4 is 56.5 Å². The summed E-state index contributed by atoms with van der Waals surface area (Å²) in [5.74, 6) is -0.468. The summed E-state index contributed by atoms with van der Waals surface area (Å²) in [6.07, 6.45) is 0.348. The predicted octanol–water partition coefficient (Wildman–Crippen LogP) is -2.79. The Morgan fingerprint density at radius 2 is 1.87 bits per heavy atom. The first-order valence-corrected chi connectivity index (χ1v) is 4.33. The molecule has 0 aliphatic rings. The largest absolute Gasteiger partial charge is 1.00 e. The minimum absolute atomic E-state index is 0. The maximum Gasteiger partial charge on any atom is 1.00 e. The molecule has 5 nitrogen and oxygen atoms in total. The summed E-state index contributed by atoms with van der Waals surface area (Å²) in [5.41, 5.74) is -0.280. The third-order valence-electron chi connectivity index (χ3n) is 1.23. The molecule has 0 heterocycles.